The fourth-order valence-electron chi connectivity index (χ4n) is 3.22. The van der Waals surface area contributed by atoms with Gasteiger partial charge in [0, 0.05) is 32.3 Å². The van der Waals surface area contributed by atoms with Crippen molar-refractivity contribution in [3.63, 3.8) is 0 Å². The Morgan fingerprint density at radius 2 is 2.05 bits per heavy atom. The van der Waals surface area contributed by atoms with Gasteiger partial charge in [-0.3, -0.25) is 9.69 Å². The molecule has 1 aromatic rings. The molecule has 0 spiro atoms. The molecule has 1 aromatic carbocycles. The summed E-state index contributed by atoms with van der Waals surface area (Å²) >= 11 is 0. The van der Waals surface area contributed by atoms with E-state index in [0.717, 1.165) is 38.9 Å². The van der Waals surface area contributed by atoms with Crippen LogP contribution in [0.1, 0.15) is 24.8 Å². The van der Waals surface area contributed by atoms with Crippen LogP contribution < -0.4 is 5.32 Å². The molecule has 122 valence electrons. The molecule has 5 heteroatoms. The van der Waals surface area contributed by atoms with Gasteiger partial charge in [0.2, 0.25) is 0 Å². The van der Waals surface area contributed by atoms with Crippen molar-refractivity contribution in [2.45, 2.75) is 31.8 Å². The first kappa shape index (κ1) is 16.9. The molecular formula is C17H26N2O3. The van der Waals surface area contributed by atoms with E-state index in [1.165, 1.54) is 5.56 Å². The third-order valence-corrected chi connectivity index (χ3v) is 4.18. The molecule has 2 rings (SSSR count). The van der Waals surface area contributed by atoms with Gasteiger partial charge >= 0.3 is 5.97 Å². The van der Waals surface area contributed by atoms with E-state index in [1.54, 1.807) is 0 Å². The number of aliphatic hydroxyl groups excluding tert-OH is 1. The van der Waals surface area contributed by atoms with Crippen LogP contribution in [0.3, 0.4) is 0 Å². The molecular weight excluding hydrogens is 280 g/mol. The van der Waals surface area contributed by atoms with Crippen LogP contribution in [0.2, 0.25) is 0 Å². The number of hydrogen-bond acceptors (Lipinski definition) is 4. The average molecular weight is 306 g/mol. The van der Waals surface area contributed by atoms with E-state index in [2.05, 4.69) is 17.4 Å². The molecule has 5 nitrogen and oxygen atoms in total. The predicted octanol–water partition coefficient (Wildman–Crippen LogP) is 1.32. The van der Waals surface area contributed by atoms with Crippen molar-refractivity contribution in [2.24, 2.45) is 5.92 Å². The van der Waals surface area contributed by atoms with Crippen molar-refractivity contribution in [1.82, 2.24) is 10.2 Å². The third-order valence-electron chi connectivity index (χ3n) is 4.18. The first-order valence-electron chi connectivity index (χ1n) is 7.99. The van der Waals surface area contributed by atoms with E-state index in [-0.39, 0.29) is 13.2 Å². The maximum absolute atomic E-state index is 11.0. The number of carboxylic acids is 1. The third kappa shape index (κ3) is 5.75. The van der Waals surface area contributed by atoms with Crippen LogP contribution >= 0.6 is 0 Å². The summed E-state index contributed by atoms with van der Waals surface area (Å²) in [6, 6.07) is 10.5. The van der Waals surface area contributed by atoms with E-state index in [9.17, 15) is 4.79 Å². The van der Waals surface area contributed by atoms with Crippen molar-refractivity contribution in [1.29, 1.82) is 0 Å². The maximum Gasteiger partial charge on any atom is 0.317 e. The summed E-state index contributed by atoms with van der Waals surface area (Å²) in [5, 5.41) is 21.6. The van der Waals surface area contributed by atoms with Gasteiger partial charge in [0.1, 0.15) is 0 Å². The number of piperidine rings is 1. The van der Waals surface area contributed by atoms with Crippen LogP contribution in [0.5, 0.6) is 0 Å². The first-order valence-corrected chi connectivity index (χ1v) is 7.99. The lowest BCUT2D eigenvalue weighted by Crippen LogP contribution is -2.50. The van der Waals surface area contributed by atoms with Crippen molar-refractivity contribution >= 4 is 5.97 Å². The zero-order valence-electron chi connectivity index (χ0n) is 12.9. The largest absolute Gasteiger partial charge is 0.480 e. The molecule has 2 unspecified atom stereocenters. The molecule has 3 N–H and O–H groups in total. The molecule has 1 fully saturated rings. The lowest BCUT2D eigenvalue weighted by Gasteiger charge is -2.37. The van der Waals surface area contributed by atoms with Crippen molar-refractivity contribution in [3.05, 3.63) is 35.9 Å². The number of carbonyl (C=O) groups is 1. The van der Waals surface area contributed by atoms with Gasteiger partial charge in [-0.1, -0.05) is 30.3 Å². The Hall–Kier alpha value is -1.43. The van der Waals surface area contributed by atoms with Crippen LogP contribution in [0.4, 0.5) is 0 Å². The van der Waals surface area contributed by atoms with Crippen LogP contribution in [0.25, 0.3) is 0 Å². The Kier molecular flexibility index (Phi) is 6.83. The van der Waals surface area contributed by atoms with Crippen molar-refractivity contribution in [2.75, 3.05) is 26.2 Å². The monoisotopic (exact) mass is 306 g/mol. The van der Waals surface area contributed by atoms with Gasteiger partial charge in [-0.15, -0.1) is 0 Å². The standard InChI is InChI=1S/C17H26N2O3/c20-8-4-7-15-9-16(12-19(11-15)13-17(21)22)18-10-14-5-2-1-3-6-14/h1-3,5-6,15-16,18,20H,4,7-13H2,(H,21,22). The highest BCUT2D eigenvalue weighted by Crippen LogP contribution is 2.21. The SMILES string of the molecule is O=C(O)CN1CC(CCCO)CC(NCc2ccccc2)C1. The molecule has 1 aliphatic heterocycles. The number of nitrogens with zero attached hydrogens (tertiary/aromatic N) is 1. The molecule has 0 radical (unpaired) electrons. The predicted molar refractivity (Wildman–Crippen MR) is 85.6 cm³/mol. The average Bonchev–Trinajstić information content (AvgIpc) is 2.51. The zero-order chi connectivity index (χ0) is 15.8. The second-order valence-corrected chi connectivity index (χ2v) is 6.12. The lowest BCUT2D eigenvalue weighted by molar-refractivity contribution is -0.138. The van der Waals surface area contributed by atoms with Crippen molar-refractivity contribution in [3.8, 4) is 0 Å². The van der Waals surface area contributed by atoms with E-state index in [1.807, 2.05) is 23.1 Å². The second-order valence-electron chi connectivity index (χ2n) is 6.12. The molecule has 0 aliphatic carbocycles. The Morgan fingerprint density at radius 3 is 2.73 bits per heavy atom. The highest BCUT2D eigenvalue weighted by atomic mass is 16.4. The van der Waals surface area contributed by atoms with Crippen LogP contribution in [-0.2, 0) is 11.3 Å². The second kappa shape index (κ2) is 8.88. The molecule has 1 aliphatic rings. The Bertz CT molecular complexity index is 452. The molecule has 0 saturated carbocycles. The summed E-state index contributed by atoms with van der Waals surface area (Å²) in [5.41, 5.74) is 1.24. The highest BCUT2D eigenvalue weighted by molar-refractivity contribution is 5.69. The van der Waals surface area contributed by atoms with E-state index < -0.39 is 5.97 Å². The minimum atomic E-state index is -0.774. The summed E-state index contributed by atoms with van der Waals surface area (Å²) in [6.45, 7) is 2.69. The fourth-order valence-corrected chi connectivity index (χ4v) is 3.22. The van der Waals surface area contributed by atoms with E-state index >= 15 is 0 Å². The highest BCUT2D eigenvalue weighted by Gasteiger charge is 2.27. The topological polar surface area (TPSA) is 72.8 Å². The van der Waals surface area contributed by atoms with Gasteiger partial charge in [-0.25, -0.2) is 0 Å². The molecule has 0 bridgehead atoms. The fraction of sp³-hybridized carbons (Fsp3) is 0.588. The van der Waals surface area contributed by atoms with E-state index in [4.69, 9.17) is 10.2 Å². The number of hydrogen-bond donors (Lipinski definition) is 3. The van der Waals surface area contributed by atoms with E-state index in [0.29, 0.717) is 12.0 Å². The maximum atomic E-state index is 11.0. The quantitative estimate of drug-likeness (QED) is 0.676. The molecule has 0 aromatic heterocycles. The number of carboxylic acid groups (broad SMARTS) is 1. The normalized spacial score (nSPS) is 22.6. The molecule has 22 heavy (non-hydrogen) atoms. The first-order chi connectivity index (χ1) is 10.7. The Morgan fingerprint density at radius 1 is 1.27 bits per heavy atom. The van der Waals surface area contributed by atoms with Gasteiger partial charge in [0.15, 0.2) is 0 Å². The summed E-state index contributed by atoms with van der Waals surface area (Å²) < 4.78 is 0. The minimum Gasteiger partial charge on any atom is -0.480 e. The summed E-state index contributed by atoms with van der Waals surface area (Å²) in [6.07, 6.45) is 2.79. The molecule has 2 atom stereocenters. The van der Waals surface area contributed by atoms with Crippen LogP contribution in [-0.4, -0.2) is 53.4 Å². The lowest BCUT2D eigenvalue weighted by atomic mass is 9.90. The number of benzene rings is 1. The van der Waals surface area contributed by atoms with Gasteiger partial charge in [0.25, 0.3) is 0 Å². The zero-order valence-corrected chi connectivity index (χ0v) is 12.9. The number of likely N-dealkylation sites (tertiary alicyclic amines) is 1. The minimum absolute atomic E-state index is 0.0964. The summed E-state index contributed by atoms with van der Waals surface area (Å²) in [7, 11) is 0. The smallest absolute Gasteiger partial charge is 0.317 e. The Labute approximate surface area is 131 Å². The molecule has 0 amide bonds. The number of aliphatic hydroxyl groups is 1. The van der Waals surface area contributed by atoms with Crippen LogP contribution in [0.15, 0.2) is 30.3 Å². The van der Waals surface area contributed by atoms with Crippen LogP contribution in [0, 0.1) is 5.92 Å². The Balaban J connectivity index is 1.88. The molecule has 1 heterocycles. The summed E-state index contributed by atoms with van der Waals surface area (Å²) in [5.74, 6) is -0.321. The van der Waals surface area contributed by atoms with Gasteiger partial charge in [0.05, 0.1) is 6.54 Å². The molecule has 1 saturated heterocycles. The van der Waals surface area contributed by atoms with Gasteiger partial charge < -0.3 is 15.5 Å². The number of aliphatic carboxylic acids is 1. The van der Waals surface area contributed by atoms with Gasteiger partial charge in [-0.05, 0) is 30.7 Å². The summed E-state index contributed by atoms with van der Waals surface area (Å²) in [4.78, 5) is 13.0. The number of rotatable bonds is 8. The van der Waals surface area contributed by atoms with Crippen molar-refractivity contribution < 1.29 is 15.0 Å². The van der Waals surface area contributed by atoms with Gasteiger partial charge in [-0.2, -0.15) is 0 Å². The number of nitrogens with one attached hydrogen (secondary N) is 1.